The van der Waals surface area contributed by atoms with Crippen molar-refractivity contribution in [2.45, 2.75) is 58.5 Å². The summed E-state index contributed by atoms with van der Waals surface area (Å²) in [5.41, 5.74) is 0. The number of halogens is 1. The summed E-state index contributed by atoms with van der Waals surface area (Å²) in [6.07, 6.45) is 3.94. The lowest BCUT2D eigenvalue weighted by molar-refractivity contribution is 0.234. The van der Waals surface area contributed by atoms with Crippen molar-refractivity contribution >= 4 is 26.1 Å². The Hall–Kier alpha value is 0.350. The third kappa shape index (κ3) is 3.92. The first-order chi connectivity index (χ1) is 8.41. The highest BCUT2D eigenvalue weighted by Gasteiger charge is 2.35. The molecule has 108 valence electrons. The molecule has 1 atom stereocenters. The molecule has 4 nitrogen and oxygen atoms in total. The first-order valence-electron chi connectivity index (χ1n) is 6.75. The molecule has 1 rings (SSSR count). The van der Waals surface area contributed by atoms with Gasteiger partial charge >= 0.3 is 0 Å². The van der Waals surface area contributed by atoms with Gasteiger partial charge in [0.15, 0.2) is 0 Å². The normalized spacial score (nSPS) is 22.9. The van der Waals surface area contributed by atoms with E-state index in [1.165, 1.54) is 0 Å². The lowest BCUT2D eigenvalue weighted by Gasteiger charge is -2.37. The van der Waals surface area contributed by atoms with Crippen molar-refractivity contribution in [3.63, 3.8) is 0 Å². The Morgan fingerprint density at radius 2 is 2.06 bits per heavy atom. The molecule has 0 aromatic heterocycles. The molecule has 0 spiro atoms. The molecule has 6 heteroatoms. The molecule has 0 N–H and O–H groups in total. The van der Waals surface area contributed by atoms with Crippen molar-refractivity contribution in [3.8, 4) is 0 Å². The molecule has 0 amide bonds. The summed E-state index contributed by atoms with van der Waals surface area (Å²) in [6, 6.07) is 0.150. The number of hydrogen-bond acceptors (Lipinski definition) is 2. The second-order valence-electron chi connectivity index (χ2n) is 5.21. The van der Waals surface area contributed by atoms with Crippen LogP contribution in [0.2, 0.25) is 0 Å². The van der Waals surface area contributed by atoms with Gasteiger partial charge in [-0.05, 0) is 40.0 Å². The molecule has 0 aromatic rings. The standard InChI is InChI=1S/C12H25BrN2O2S/c1-11(2)14(10-6-8-13)18(16,17)15-9-5-4-7-12(15)3/h11-12H,4-10H2,1-3H3. The van der Waals surface area contributed by atoms with E-state index in [9.17, 15) is 8.42 Å². The average molecular weight is 341 g/mol. The predicted octanol–water partition coefficient (Wildman–Crippen LogP) is 2.60. The minimum absolute atomic E-state index is 0.0168. The van der Waals surface area contributed by atoms with Gasteiger partial charge in [0.2, 0.25) is 0 Å². The number of nitrogens with zero attached hydrogens (tertiary/aromatic N) is 2. The van der Waals surface area contributed by atoms with Crippen LogP contribution in [0.4, 0.5) is 0 Å². The lowest BCUT2D eigenvalue weighted by Crippen LogP contribution is -2.52. The zero-order valence-corrected chi connectivity index (χ0v) is 14.0. The zero-order chi connectivity index (χ0) is 13.8. The minimum Gasteiger partial charge on any atom is -0.195 e. The fourth-order valence-electron chi connectivity index (χ4n) is 2.40. The van der Waals surface area contributed by atoms with Crippen LogP contribution in [0, 0.1) is 0 Å². The van der Waals surface area contributed by atoms with E-state index in [2.05, 4.69) is 15.9 Å². The first-order valence-corrected chi connectivity index (χ1v) is 9.27. The van der Waals surface area contributed by atoms with E-state index in [4.69, 9.17) is 0 Å². The smallest absolute Gasteiger partial charge is 0.195 e. The Labute approximate surface area is 120 Å². The Bertz CT molecular complexity index is 346. The first kappa shape index (κ1) is 16.4. The maximum absolute atomic E-state index is 12.7. The summed E-state index contributed by atoms with van der Waals surface area (Å²) in [7, 11) is -3.30. The molecule has 0 saturated carbocycles. The SMILES string of the molecule is CC(C)N(CCCBr)S(=O)(=O)N1CCCCC1C. The molecule has 0 radical (unpaired) electrons. The molecular weight excluding hydrogens is 316 g/mol. The van der Waals surface area contributed by atoms with E-state index in [1.54, 1.807) is 8.61 Å². The van der Waals surface area contributed by atoms with Gasteiger partial charge in [0.05, 0.1) is 0 Å². The fraction of sp³-hybridized carbons (Fsp3) is 1.00. The minimum atomic E-state index is -3.30. The Balaban J connectivity index is 2.86. The van der Waals surface area contributed by atoms with Crippen LogP contribution in [-0.2, 0) is 10.2 Å². The maximum atomic E-state index is 12.7. The Morgan fingerprint density at radius 1 is 1.39 bits per heavy atom. The van der Waals surface area contributed by atoms with E-state index in [0.29, 0.717) is 13.1 Å². The van der Waals surface area contributed by atoms with Crippen molar-refractivity contribution in [1.29, 1.82) is 0 Å². The third-order valence-corrected chi connectivity index (χ3v) is 6.32. The number of alkyl halides is 1. The summed E-state index contributed by atoms with van der Waals surface area (Å²) >= 11 is 3.37. The van der Waals surface area contributed by atoms with Crippen molar-refractivity contribution in [3.05, 3.63) is 0 Å². The van der Waals surface area contributed by atoms with Crippen LogP contribution >= 0.6 is 15.9 Å². The molecule has 1 unspecified atom stereocenters. The molecule has 0 aromatic carbocycles. The highest BCUT2D eigenvalue weighted by atomic mass is 79.9. The molecular formula is C12H25BrN2O2S. The largest absolute Gasteiger partial charge is 0.282 e. The number of piperidine rings is 1. The maximum Gasteiger partial charge on any atom is 0.282 e. The highest BCUT2D eigenvalue weighted by molar-refractivity contribution is 9.09. The Morgan fingerprint density at radius 3 is 2.56 bits per heavy atom. The second kappa shape index (κ2) is 7.22. The Kier molecular flexibility index (Phi) is 6.58. The second-order valence-corrected chi connectivity index (χ2v) is 7.84. The van der Waals surface area contributed by atoms with Crippen LogP contribution < -0.4 is 0 Å². The van der Waals surface area contributed by atoms with Crippen molar-refractivity contribution < 1.29 is 8.42 Å². The van der Waals surface area contributed by atoms with Crippen LogP contribution in [0.1, 0.15) is 46.5 Å². The fourth-order valence-corrected chi connectivity index (χ4v) is 4.74. The van der Waals surface area contributed by atoms with Gasteiger partial charge in [0, 0.05) is 30.5 Å². The van der Waals surface area contributed by atoms with Crippen LogP contribution in [0.15, 0.2) is 0 Å². The van der Waals surface area contributed by atoms with Crippen LogP contribution in [-0.4, -0.2) is 47.5 Å². The van der Waals surface area contributed by atoms with E-state index in [1.807, 2.05) is 20.8 Å². The highest BCUT2D eigenvalue weighted by Crippen LogP contribution is 2.23. The summed E-state index contributed by atoms with van der Waals surface area (Å²) in [5, 5.41) is 0.835. The predicted molar refractivity (Wildman–Crippen MR) is 79.2 cm³/mol. The van der Waals surface area contributed by atoms with Crippen molar-refractivity contribution in [1.82, 2.24) is 8.61 Å². The van der Waals surface area contributed by atoms with Crippen molar-refractivity contribution in [2.75, 3.05) is 18.4 Å². The molecule has 1 saturated heterocycles. The molecule has 1 aliphatic heterocycles. The van der Waals surface area contributed by atoms with Gasteiger partial charge in [-0.2, -0.15) is 17.0 Å². The quantitative estimate of drug-likeness (QED) is 0.697. The topological polar surface area (TPSA) is 40.6 Å². The summed E-state index contributed by atoms with van der Waals surface area (Å²) in [5.74, 6) is 0. The monoisotopic (exact) mass is 340 g/mol. The van der Waals surface area contributed by atoms with Crippen molar-refractivity contribution in [2.24, 2.45) is 0 Å². The van der Waals surface area contributed by atoms with Crippen LogP contribution in [0.5, 0.6) is 0 Å². The zero-order valence-electron chi connectivity index (χ0n) is 11.6. The van der Waals surface area contributed by atoms with E-state index >= 15 is 0 Å². The summed E-state index contributed by atoms with van der Waals surface area (Å²) < 4.78 is 28.7. The van der Waals surface area contributed by atoms with Crippen LogP contribution in [0.3, 0.4) is 0 Å². The van der Waals surface area contributed by atoms with E-state index in [0.717, 1.165) is 31.0 Å². The van der Waals surface area contributed by atoms with Gasteiger partial charge in [-0.1, -0.05) is 22.4 Å². The third-order valence-electron chi connectivity index (χ3n) is 3.42. The molecule has 1 aliphatic rings. The summed E-state index contributed by atoms with van der Waals surface area (Å²) in [6.45, 7) is 7.16. The van der Waals surface area contributed by atoms with Crippen LogP contribution in [0.25, 0.3) is 0 Å². The van der Waals surface area contributed by atoms with Gasteiger partial charge in [-0.15, -0.1) is 0 Å². The average Bonchev–Trinajstić information content (AvgIpc) is 2.29. The van der Waals surface area contributed by atoms with Gasteiger partial charge in [-0.3, -0.25) is 0 Å². The van der Waals surface area contributed by atoms with Gasteiger partial charge in [0.25, 0.3) is 10.2 Å². The van der Waals surface area contributed by atoms with E-state index in [-0.39, 0.29) is 12.1 Å². The summed E-state index contributed by atoms with van der Waals surface area (Å²) in [4.78, 5) is 0. The lowest BCUT2D eigenvalue weighted by atomic mass is 10.1. The number of rotatable bonds is 6. The van der Waals surface area contributed by atoms with Gasteiger partial charge in [-0.25, -0.2) is 0 Å². The van der Waals surface area contributed by atoms with E-state index < -0.39 is 10.2 Å². The molecule has 18 heavy (non-hydrogen) atoms. The molecule has 0 bridgehead atoms. The van der Waals surface area contributed by atoms with Gasteiger partial charge < -0.3 is 0 Å². The van der Waals surface area contributed by atoms with Gasteiger partial charge in [0.1, 0.15) is 0 Å². The number of hydrogen-bond donors (Lipinski definition) is 0. The molecule has 1 heterocycles. The molecule has 1 fully saturated rings. The molecule has 0 aliphatic carbocycles.